The molecule has 9 nitrogen and oxygen atoms in total. The largest absolute Gasteiger partial charge is 0.465 e. The molecule has 4 rings (SSSR count). The predicted molar refractivity (Wildman–Crippen MR) is 137 cm³/mol. The molecule has 13 heteroatoms. The van der Waals surface area contributed by atoms with Gasteiger partial charge < -0.3 is 19.8 Å². The molecule has 2 aromatic carbocycles. The van der Waals surface area contributed by atoms with Crippen molar-refractivity contribution in [2.24, 2.45) is 0 Å². The molecule has 3 N–H and O–H groups in total. The summed E-state index contributed by atoms with van der Waals surface area (Å²) in [5, 5.41) is 17.4. The fourth-order valence-electron chi connectivity index (χ4n) is 3.99. The van der Waals surface area contributed by atoms with Gasteiger partial charge in [0.25, 0.3) is 0 Å². The summed E-state index contributed by atoms with van der Waals surface area (Å²) in [4.78, 5) is 38.4. The molecule has 1 fully saturated rings. The molecule has 0 unspecified atom stereocenters. The van der Waals surface area contributed by atoms with Crippen LogP contribution in [0.4, 0.5) is 35.0 Å². The number of thioether (sulfide) groups is 1. The number of hydrogen-bond acceptors (Lipinski definition) is 7. The van der Waals surface area contributed by atoms with Gasteiger partial charge >= 0.3 is 12.3 Å². The lowest BCUT2D eigenvalue weighted by molar-refractivity contribution is -0.137. The number of alkyl halides is 3. The third-order valence-corrected chi connectivity index (χ3v) is 6.67. The molecule has 0 atom stereocenters. The Morgan fingerprint density at radius 2 is 1.79 bits per heavy atom. The number of carboxylic acid groups (broad SMARTS) is 1. The molecule has 1 aliphatic heterocycles. The van der Waals surface area contributed by atoms with E-state index in [9.17, 15) is 32.7 Å². The SMILES string of the molecule is Cc1cc(-c2cccc(C(=O)CC(=O)Nc3cc(C(F)(F)F)c(N4CCSCC4)cc3NC(=O)O)c2)on1. The standard InChI is InChI=1S/C25H23F3N4O5S/c1-14-9-22(37-31-14)16-4-2-3-15(10-16)21(33)13-23(34)29-18-11-17(25(26,27)28)20(12-19(18)30-24(35)36)32-5-7-38-8-6-32/h2-4,9-12,30H,5-8,13H2,1H3,(H,29,34)(H,35,36). The monoisotopic (exact) mass is 548 g/mol. The second kappa shape index (κ2) is 11.2. The summed E-state index contributed by atoms with van der Waals surface area (Å²) in [6.07, 6.45) is -6.97. The molecule has 0 saturated carbocycles. The zero-order valence-corrected chi connectivity index (χ0v) is 20.9. The Bertz CT molecular complexity index is 1370. The molecule has 0 spiro atoms. The predicted octanol–water partition coefficient (Wildman–Crippen LogP) is 5.52. The molecule has 0 aliphatic carbocycles. The van der Waals surface area contributed by atoms with Gasteiger partial charge in [-0.2, -0.15) is 24.9 Å². The number of anilines is 3. The zero-order chi connectivity index (χ0) is 27.4. The van der Waals surface area contributed by atoms with Crippen molar-refractivity contribution in [2.75, 3.05) is 40.1 Å². The average molecular weight is 549 g/mol. The van der Waals surface area contributed by atoms with Crippen LogP contribution in [0.5, 0.6) is 0 Å². The van der Waals surface area contributed by atoms with E-state index in [2.05, 4.69) is 15.8 Å². The fraction of sp³-hybridized carbons (Fsp3) is 0.280. The molecule has 38 heavy (non-hydrogen) atoms. The van der Waals surface area contributed by atoms with E-state index >= 15 is 0 Å². The molecule has 0 bridgehead atoms. The maximum atomic E-state index is 14.0. The van der Waals surface area contributed by atoms with Gasteiger partial charge in [0.1, 0.15) is 0 Å². The zero-order valence-electron chi connectivity index (χ0n) is 20.1. The van der Waals surface area contributed by atoms with Crippen LogP contribution in [0, 0.1) is 6.92 Å². The summed E-state index contributed by atoms with van der Waals surface area (Å²) >= 11 is 1.61. The van der Waals surface area contributed by atoms with Crippen LogP contribution in [0.25, 0.3) is 11.3 Å². The Kier molecular flexibility index (Phi) is 7.95. The first kappa shape index (κ1) is 27.0. The molecule has 3 aromatic rings. The van der Waals surface area contributed by atoms with Gasteiger partial charge in [0.2, 0.25) is 5.91 Å². The highest BCUT2D eigenvalue weighted by molar-refractivity contribution is 7.99. The van der Waals surface area contributed by atoms with Crippen LogP contribution in [-0.2, 0) is 11.0 Å². The van der Waals surface area contributed by atoms with Crippen LogP contribution < -0.4 is 15.5 Å². The van der Waals surface area contributed by atoms with E-state index in [0.717, 1.165) is 6.07 Å². The number of carbonyl (C=O) groups is 3. The molecular formula is C25H23F3N4O5S. The maximum Gasteiger partial charge on any atom is 0.418 e. The van der Waals surface area contributed by atoms with Crippen LogP contribution in [0.2, 0.25) is 0 Å². The van der Waals surface area contributed by atoms with E-state index in [0.29, 0.717) is 47.7 Å². The van der Waals surface area contributed by atoms with Gasteiger partial charge in [-0.25, -0.2) is 4.79 Å². The van der Waals surface area contributed by atoms with Crippen molar-refractivity contribution in [3.8, 4) is 11.3 Å². The number of rotatable bonds is 7. The van der Waals surface area contributed by atoms with Gasteiger partial charge in [-0.05, 0) is 25.1 Å². The van der Waals surface area contributed by atoms with Crippen molar-refractivity contribution < 1.29 is 37.2 Å². The lowest BCUT2D eigenvalue weighted by Gasteiger charge is -2.31. The van der Waals surface area contributed by atoms with E-state index in [4.69, 9.17) is 4.52 Å². The van der Waals surface area contributed by atoms with Crippen molar-refractivity contribution in [3.63, 3.8) is 0 Å². The van der Waals surface area contributed by atoms with E-state index in [1.807, 2.05) is 0 Å². The summed E-state index contributed by atoms with van der Waals surface area (Å²) in [5.74, 6) is 0.178. The number of aromatic nitrogens is 1. The Morgan fingerprint density at radius 3 is 2.42 bits per heavy atom. The van der Waals surface area contributed by atoms with Gasteiger partial charge in [0.15, 0.2) is 11.5 Å². The number of amides is 2. The van der Waals surface area contributed by atoms with E-state index in [-0.39, 0.29) is 16.9 Å². The van der Waals surface area contributed by atoms with Gasteiger partial charge in [-0.1, -0.05) is 23.4 Å². The van der Waals surface area contributed by atoms with Crippen LogP contribution in [0.1, 0.15) is 28.0 Å². The molecule has 0 radical (unpaired) electrons. The molecule has 1 aromatic heterocycles. The number of ketones is 1. The number of benzene rings is 2. The molecule has 1 aliphatic rings. The third kappa shape index (κ3) is 6.46. The highest BCUT2D eigenvalue weighted by Gasteiger charge is 2.37. The Labute approximate surface area is 219 Å². The number of nitrogens with one attached hydrogen (secondary N) is 2. The van der Waals surface area contributed by atoms with Crippen molar-refractivity contribution >= 4 is 46.6 Å². The van der Waals surface area contributed by atoms with Crippen LogP contribution in [0.15, 0.2) is 47.0 Å². The normalized spacial score (nSPS) is 13.7. The maximum absolute atomic E-state index is 14.0. The minimum atomic E-state index is -4.77. The van der Waals surface area contributed by atoms with E-state index < -0.39 is 41.6 Å². The van der Waals surface area contributed by atoms with Crippen molar-refractivity contribution in [1.29, 1.82) is 0 Å². The number of nitrogens with zero attached hydrogens (tertiary/aromatic N) is 2. The summed E-state index contributed by atoms with van der Waals surface area (Å²) in [5.41, 5.74) is -0.450. The van der Waals surface area contributed by atoms with Crippen LogP contribution in [0.3, 0.4) is 0 Å². The minimum absolute atomic E-state index is 0.185. The molecule has 2 amide bonds. The average Bonchev–Trinajstić information content (AvgIpc) is 3.30. The Balaban J connectivity index is 1.59. The topological polar surface area (TPSA) is 125 Å². The smallest absolute Gasteiger partial charge is 0.418 e. The number of carbonyl (C=O) groups excluding carboxylic acids is 2. The lowest BCUT2D eigenvalue weighted by atomic mass is 10.0. The first-order chi connectivity index (χ1) is 18.0. The third-order valence-electron chi connectivity index (χ3n) is 5.73. The van der Waals surface area contributed by atoms with Gasteiger partial charge in [0, 0.05) is 41.8 Å². The Morgan fingerprint density at radius 1 is 1.08 bits per heavy atom. The minimum Gasteiger partial charge on any atom is -0.465 e. The molecule has 200 valence electrons. The van der Waals surface area contributed by atoms with Crippen LogP contribution in [-0.4, -0.2) is 52.6 Å². The Hall–Kier alpha value is -4.00. The fourth-order valence-corrected chi connectivity index (χ4v) is 4.89. The highest BCUT2D eigenvalue weighted by Crippen LogP contribution is 2.42. The number of Topliss-reactive ketones (excluding diaryl/α,β-unsaturated/α-hetero) is 1. The van der Waals surface area contributed by atoms with Gasteiger partial charge in [-0.15, -0.1) is 0 Å². The first-order valence-corrected chi connectivity index (χ1v) is 12.6. The summed E-state index contributed by atoms with van der Waals surface area (Å²) in [7, 11) is 0. The lowest BCUT2D eigenvalue weighted by Crippen LogP contribution is -2.34. The summed E-state index contributed by atoms with van der Waals surface area (Å²) in [6, 6.07) is 9.74. The second-order valence-corrected chi connectivity index (χ2v) is 9.73. The van der Waals surface area contributed by atoms with Crippen molar-refractivity contribution in [2.45, 2.75) is 19.5 Å². The number of aryl methyl sites for hydroxylation is 1. The van der Waals surface area contributed by atoms with Gasteiger partial charge in [-0.3, -0.25) is 14.9 Å². The quantitative estimate of drug-likeness (QED) is 0.260. The van der Waals surface area contributed by atoms with E-state index in [1.165, 1.54) is 17.0 Å². The molecule has 1 saturated heterocycles. The van der Waals surface area contributed by atoms with Gasteiger partial charge in [0.05, 0.1) is 34.7 Å². The first-order valence-electron chi connectivity index (χ1n) is 11.5. The highest BCUT2D eigenvalue weighted by atomic mass is 32.2. The van der Waals surface area contributed by atoms with E-state index in [1.54, 1.807) is 36.9 Å². The number of halogens is 3. The second-order valence-electron chi connectivity index (χ2n) is 8.50. The molecular weight excluding hydrogens is 525 g/mol. The summed E-state index contributed by atoms with van der Waals surface area (Å²) in [6.45, 7) is 2.45. The van der Waals surface area contributed by atoms with Crippen molar-refractivity contribution in [3.05, 3.63) is 59.3 Å². The van der Waals surface area contributed by atoms with Crippen LogP contribution >= 0.6 is 11.8 Å². The van der Waals surface area contributed by atoms with Crippen molar-refractivity contribution in [1.82, 2.24) is 5.16 Å². The molecule has 2 heterocycles. The number of hydrogen-bond donors (Lipinski definition) is 3. The summed E-state index contributed by atoms with van der Waals surface area (Å²) < 4.78 is 47.1.